The van der Waals surface area contributed by atoms with Crippen molar-refractivity contribution in [2.75, 3.05) is 19.0 Å². The number of hydrogen-bond acceptors (Lipinski definition) is 7. The SMILES string of the molecule is CCOc1cncc(-c2ncnc(NC)c2[N+](=O)[O-])c1. The molecule has 0 radical (unpaired) electrons. The number of hydrogen-bond donors (Lipinski definition) is 1. The van der Waals surface area contributed by atoms with E-state index in [1.54, 1.807) is 19.3 Å². The van der Waals surface area contributed by atoms with E-state index >= 15 is 0 Å². The highest BCUT2D eigenvalue weighted by Crippen LogP contribution is 2.33. The lowest BCUT2D eigenvalue weighted by Crippen LogP contribution is -2.03. The highest BCUT2D eigenvalue weighted by atomic mass is 16.6. The third-order valence-electron chi connectivity index (χ3n) is 2.54. The fourth-order valence-electron chi connectivity index (χ4n) is 1.74. The number of nitro groups is 1. The Hall–Kier alpha value is -2.77. The lowest BCUT2D eigenvalue weighted by Gasteiger charge is -2.07. The average Bonchev–Trinajstić information content (AvgIpc) is 2.47. The van der Waals surface area contributed by atoms with Crippen LogP contribution in [0.3, 0.4) is 0 Å². The number of nitrogens with one attached hydrogen (secondary N) is 1. The Balaban J connectivity index is 2.57. The van der Waals surface area contributed by atoms with Gasteiger partial charge in [-0.2, -0.15) is 0 Å². The van der Waals surface area contributed by atoms with Crippen LogP contribution in [0.2, 0.25) is 0 Å². The number of aromatic nitrogens is 3. The van der Waals surface area contributed by atoms with Crippen LogP contribution in [0.1, 0.15) is 6.92 Å². The lowest BCUT2D eigenvalue weighted by molar-refractivity contribution is -0.383. The second-order valence-electron chi connectivity index (χ2n) is 3.77. The van der Waals surface area contributed by atoms with Gasteiger partial charge in [0, 0.05) is 18.8 Å². The molecule has 0 aliphatic rings. The third-order valence-corrected chi connectivity index (χ3v) is 2.54. The van der Waals surface area contributed by atoms with Gasteiger partial charge in [-0.15, -0.1) is 0 Å². The summed E-state index contributed by atoms with van der Waals surface area (Å²) in [4.78, 5) is 22.5. The maximum atomic E-state index is 11.2. The summed E-state index contributed by atoms with van der Waals surface area (Å²) in [6.45, 7) is 2.33. The minimum atomic E-state index is -0.519. The maximum Gasteiger partial charge on any atom is 0.337 e. The molecule has 2 heterocycles. The van der Waals surface area contributed by atoms with Gasteiger partial charge in [0.2, 0.25) is 5.82 Å². The predicted molar refractivity (Wildman–Crippen MR) is 72.6 cm³/mol. The van der Waals surface area contributed by atoms with Gasteiger partial charge in [0.05, 0.1) is 17.7 Å². The van der Waals surface area contributed by atoms with Gasteiger partial charge in [0.15, 0.2) is 5.69 Å². The van der Waals surface area contributed by atoms with Crippen LogP contribution in [0.4, 0.5) is 11.5 Å². The molecular formula is C12H13N5O3. The summed E-state index contributed by atoms with van der Waals surface area (Å²) in [5.41, 5.74) is 0.510. The number of nitrogens with zero attached hydrogens (tertiary/aromatic N) is 4. The molecule has 0 aromatic carbocycles. The molecule has 0 aliphatic carbocycles. The number of pyridine rings is 1. The molecule has 0 saturated heterocycles. The molecule has 104 valence electrons. The summed E-state index contributed by atoms with van der Waals surface area (Å²) in [6.07, 6.45) is 4.30. The lowest BCUT2D eigenvalue weighted by atomic mass is 10.1. The molecule has 2 rings (SSSR count). The third kappa shape index (κ3) is 2.63. The van der Waals surface area contributed by atoms with E-state index in [9.17, 15) is 10.1 Å². The van der Waals surface area contributed by atoms with Crippen LogP contribution in [-0.4, -0.2) is 33.5 Å². The average molecular weight is 275 g/mol. The van der Waals surface area contributed by atoms with E-state index in [4.69, 9.17) is 4.74 Å². The summed E-state index contributed by atoms with van der Waals surface area (Å²) in [6, 6.07) is 1.66. The van der Waals surface area contributed by atoms with E-state index in [0.717, 1.165) is 0 Å². The first-order valence-electron chi connectivity index (χ1n) is 5.92. The second kappa shape index (κ2) is 5.91. The van der Waals surface area contributed by atoms with Crippen LogP contribution in [0.15, 0.2) is 24.8 Å². The zero-order chi connectivity index (χ0) is 14.5. The first-order valence-corrected chi connectivity index (χ1v) is 5.92. The highest BCUT2D eigenvalue weighted by Gasteiger charge is 2.23. The monoisotopic (exact) mass is 275 g/mol. The Morgan fingerprint density at radius 3 is 2.85 bits per heavy atom. The fourth-order valence-corrected chi connectivity index (χ4v) is 1.74. The van der Waals surface area contributed by atoms with Crippen molar-refractivity contribution in [2.45, 2.75) is 6.92 Å². The van der Waals surface area contributed by atoms with Gasteiger partial charge < -0.3 is 10.1 Å². The molecular weight excluding hydrogens is 262 g/mol. The van der Waals surface area contributed by atoms with Crippen molar-refractivity contribution in [1.29, 1.82) is 0 Å². The Morgan fingerprint density at radius 2 is 2.20 bits per heavy atom. The quantitative estimate of drug-likeness (QED) is 0.656. The molecule has 0 saturated carbocycles. The standard InChI is InChI=1S/C12H13N5O3/c1-3-20-9-4-8(5-14-6-9)10-11(17(18)19)12(13-2)16-7-15-10/h4-7H,3H2,1-2H3,(H,13,15,16). The summed E-state index contributed by atoms with van der Waals surface area (Å²) in [7, 11) is 1.56. The molecule has 0 amide bonds. The summed E-state index contributed by atoms with van der Waals surface area (Å²) < 4.78 is 5.33. The minimum absolute atomic E-state index is 0.154. The van der Waals surface area contributed by atoms with Gasteiger partial charge in [-0.1, -0.05) is 0 Å². The van der Waals surface area contributed by atoms with Crippen molar-refractivity contribution in [3.05, 3.63) is 34.9 Å². The Kier molecular flexibility index (Phi) is 4.04. The molecule has 0 atom stereocenters. The molecule has 8 nitrogen and oxygen atoms in total. The van der Waals surface area contributed by atoms with Crippen LogP contribution < -0.4 is 10.1 Å². The Morgan fingerprint density at radius 1 is 1.40 bits per heavy atom. The molecule has 2 aromatic heterocycles. The summed E-state index contributed by atoms with van der Waals surface area (Å²) >= 11 is 0. The number of anilines is 1. The van der Waals surface area contributed by atoms with Crippen molar-refractivity contribution in [2.24, 2.45) is 0 Å². The summed E-state index contributed by atoms with van der Waals surface area (Å²) in [5, 5.41) is 13.9. The summed E-state index contributed by atoms with van der Waals surface area (Å²) in [5.74, 6) is 0.686. The molecule has 0 bridgehead atoms. The molecule has 0 aliphatic heterocycles. The molecule has 0 spiro atoms. The number of ether oxygens (including phenoxy) is 1. The van der Waals surface area contributed by atoms with Crippen molar-refractivity contribution >= 4 is 11.5 Å². The fraction of sp³-hybridized carbons (Fsp3) is 0.250. The van der Waals surface area contributed by atoms with E-state index in [1.165, 1.54) is 12.5 Å². The van der Waals surface area contributed by atoms with Crippen LogP contribution in [0, 0.1) is 10.1 Å². The van der Waals surface area contributed by atoms with E-state index < -0.39 is 4.92 Å². The Labute approximate surface area is 115 Å². The minimum Gasteiger partial charge on any atom is -0.492 e. The molecule has 0 fully saturated rings. The molecule has 1 N–H and O–H groups in total. The van der Waals surface area contributed by atoms with Crippen LogP contribution >= 0.6 is 0 Å². The van der Waals surface area contributed by atoms with E-state index in [2.05, 4.69) is 20.3 Å². The van der Waals surface area contributed by atoms with Crippen LogP contribution in [-0.2, 0) is 0 Å². The van der Waals surface area contributed by atoms with Crippen molar-refractivity contribution < 1.29 is 9.66 Å². The van der Waals surface area contributed by atoms with Crippen LogP contribution in [0.25, 0.3) is 11.3 Å². The molecule has 8 heteroatoms. The topological polar surface area (TPSA) is 103 Å². The zero-order valence-electron chi connectivity index (χ0n) is 11.0. The predicted octanol–water partition coefficient (Wildman–Crippen LogP) is 1.89. The van der Waals surface area contributed by atoms with Crippen molar-refractivity contribution in [3.8, 4) is 17.0 Å². The van der Waals surface area contributed by atoms with E-state index in [0.29, 0.717) is 17.9 Å². The first-order chi connectivity index (χ1) is 9.67. The van der Waals surface area contributed by atoms with Gasteiger partial charge in [-0.25, -0.2) is 9.97 Å². The second-order valence-corrected chi connectivity index (χ2v) is 3.77. The smallest absolute Gasteiger partial charge is 0.337 e. The van der Waals surface area contributed by atoms with E-state index in [1.807, 2.05) is 6.92 Å². The largest absolute Gasteiger partial charge is 0.492 e. The highest BCUT2D eigenvalue weighted by molar-refractivity contribution is 5.76. The van der Waals surface area contributed by atoms with Gasteiger partial charge in [-0.3, -0.25) is 15.1 Å². The van der Waals surface area contributed by atoms with Gasteiger partial charge in [0.1, 0.15) is 12.1 Å². The van der Waals surface area contributed by atoms with Gasteiger partial charge in [0.25, 0.3) is 0 Å². The van der Waals surface area contributed by atoms with Crippen LogP contribution in [0.5, 0.6) is 5.75 Å². The molecule has 20 heavy (non-hydrogen) atoms. The van der Waals surface area contributed by atoms with Gasteiger partial charge >= 0.3 is 5.69 Å². The molecule has 0 unspecified atom stereocenters. The van der Waals surface area contributed by atoms with Crippen molar-refractivity contribution in [3.63, 3.8) is 0 Å². The normalized spacial score (nSPS) is 10.1. The molecule has 2 aromatic rings. The number of rotatable bonds is 5. The zero-order valence-corrected chi connectivity index (χ0v) is 11.0. The van der Waals surface area contributed by atoms with Gasteiger partial charge in [-0.05, 0) is 13.0 Å². The Bertz CT molecular complexity index is 632. The first kappa shape index (κ1) is 13.7. The van der Waals surface area contributed by atoms with Crippen molar-refractivity contribution in [1.82, 2.24) is 15.0 Å². The maximum absolute atomic E-state index is 11.2. The van der Waals surface area contributed by atoms with E-state index in [-0.39, 0.29) is 17.2 Å².